The molecular formula is C25H30N6O. The molecule has 0 aliphatic carbocycles. The number of pyridine rings is 2. The first-order chi connectivity index (χ1) is 15.2. The maximum atomic E-state index is 10.5. The van der Waals surface area contributed by atoms with Crippen molar-refractivity contribution in [2.75, 3.05) is 18.0 Å². The zero-order chi connectivity index (χ0) is 22.6. The standard InChI is InChI=1S/C25H30N6O/c1-15-12-31(14-22(15)28-25(2,3)4)24-9-8-19-20(27-24)7-6-18(26-19)17-10-16-13-30(5)29-21(16)11-23(17)32/h6-11,13,15,22,28,32H,12,14H2,1-5H3/t15-,22-/m1/s1. The molecule has 1 aromatic carbocycles. The fourth-order valence-electron chi connectivity index (χ4n) is 4.61. The van der Waals surface area contributed by atoms with Crippen molar-refractivity contribution in [3.8, 4) is 17.0 Å². The van der Waals surface area contributed by atoms with E-state index >= 15 is 0 Å². The second kappa shape index (κ2) is 7.45. The monoisotopic (exact) mass is 430 g/mol. The van der Waals surface area contributed by atoms with Crippen LogP contribution in [0.3, 0.4) is 0 Å². The highest BCUT2D eigenvalue weighted by Crippen LogP contribution is 2.33. The lowest BCUT2D eigenvalue weighted by molar-refractivity contribution is 0.334. The molecular weight excluding hydrogens is 400 g/mol. The molecule has 3 aromatic heterocycles. The average molecular weight is 431 g/mol. The first-order valence-electron chi connectivity index (χ1n) is 11.1. The van der Waals surface area contributed by atoms with Crippen LogP contribution in [0.1, 0.15) is 27.7 Å². The summed E-state index contributed by atoms with van der Waals surface area (Å²) in [5, 5.41) is 19.6. The third-order valence-corrected chi connectivity index (χ3v) is 6.09. The van der Waals surface area contributed by atoms with Crippen molar-refractivity contribution >= 4 is 27.8 Å². The van der Waals surface area contributed by atoms with E-state index in [1.54, 1.807) is 10.7 Å². The summed E-state index contributed by atoms with van der Waals surface area (Å²) in [5.41, 5.74) is 3.94. The molecule has 1 fully saturated rings. The van der Waals surface area contributed by atoms with Gasteiger partial charge in [-0.15, -0.1) is 0 Å². The zero-order valence-corrected chi connectivity index (χ0v) is 19.3. The lowest BCUT2D eigenvalue weighted by Gasteiger charge is -2.28. The Kier molecular flexibility index (Phi) is 4.82. The van der Waals surface area contributed by atoms with Gasteiger partial charge in [0.2, 0.25) is 0 Å². The van der Waals surface area contributed by atoms with Crippen LogP contribution in [0.2, 0.25) is 0 Å². The molecule has 4 aromatic rings. The van der Waals surface area contributed by atoms with Crippen molar-refractivity contribution in [1.82, 2.24) is 25.1 Å². The summed E-state index contributed by atoms with van der Waals surface area (Å²) in [5.74, 6) is 1.71. The van der Waals surface area contributed by atoms with E-state index in [0.717, 1.165) is 46.5 Å². The number of rotatable bonds is 3. The fraction of sp³-hybridized carbons (Fsp3) is 0.400. The van der Waals surface area contributed by atoms with Crippen LogP contribution in [0, 0.1) is 5.92 Å². The average Bonchev–Trinajstić information content (AvgIpc) is 3.26. The molecule has 7 heteroatoms. The van der Waals surface area contributed by atoms with Crippen LogP contribution in [0.15, 0.2) is 42.6 Å². The van der Waals surface area contributed by atoms with Gasteiger partial charge in [-0.1, -0.05) is 6.92 Å². The van der Waals surface area contributed by atoms with Gasteiger partial charge in [-0.05, 0) is 57.0 Å². The van der Waals surface area contributed by atoms with E-state index in [1.807, 2.05) is 37.5 Å². The maximum absolute atomic E-state index is 10.5. The Morgan fingerprint density at radius 3 is 2.53 bits per heavy atom. The minimum absolute atomic E-state index is 0.0937. The molecule has 166 valence electrons. The highest BCUT2D eigenvalue weighted by molar-refractivity contribution is 5.88. The van der Waals surface area contributed by atoms with Crippen LogP contribution >= 0.6 is 0 Å². The number of nitrogens with one attached hydrogen (secondary N) is 1. The first-order valence-corrected chi connectivity index (χ1v) is 11.1. The Morgan fingerprint density at radius 1 is 1.00 bits per heavy atom. The number of nitrogens with zero attached hydrogens (tertiary/aromatic N) is 5. The zero-order valence-electron chi connectivity index (χ0n) is 19.3. The SMILES string of the molecule is C[C@@H]1CN(c2ccc3nc(-c4cc5cn(C)nc5cc4O)ccc3n2)C[C@H]1NC(C)(C)C. The summed E-state index contributed by atoms with van der Waals surface area (Å²) in [6, 6.07) is 12.0. The van der Waals surface area contributed by atoms with Crippen LogP contribution in [-0.4, -0.2) is 49.5 Å². The Labute approximate surface area is 188 Å². The molecule has 0 radical (unpaired) electrons. The van der Waals surface area contributed by atoms with Gasteiger partial charge >= 0.3 is 0 Å². The van der Waals surface area contributed by atoms with Gasteiger partial charge in [0.05, 0.1) is 22.2 Å². The molecule has 0 spiro atoms. The number of aromatic nitrogens is 4. The minimum atomic E-state index is 0.0937. The highest BCUT2D eigenvalue weighted by atomic mass is 16.3. The highest BCUT2D eigenvalue weighted by Gasteiger charge is 2.32. The van der Waals surface area contributed by atoms with E-state index in [2.05, 4.69) is 49.1 Å². The molecule has 2 N–H and O–H groups in total. The minimum Gasteiger partial charge on any atom is -0.507 e. The summed E-state index contributed by atoms with van der Waals surface area (Å²) < 4.78 is 1.74. The molecule has 0 bridgehead atoms. The van der Waals surface area contributed by atoms with Crippen molar-refractivity contribution < 1.29 is 5.11 Å². The summed E-state index contributed by atoms with van der Waals surface area (Å²) in [4.78, 5) is 12.0. The number of aromatic hydroxyl groups is 1. The van der Waals surface area contributed by atoms with Gasteiger partial charge in [0.15, 0.2) is 0 Å². The lowest BCUT2D eigenvalue weighted by atomic mass is 10.0. The first kappa shape index (κ1) is 20.7. The van der Waals surface area contributed by atoms with Crippen molar-refractivity contribution in [2.45, 2.75) is 39.3 Å². The molecule has 2 atom stereocenters. The van der Waals surface area contributed by atoms with Gasteiger partial charge < -0.3 is 15.3 Å². The number of aryl methyl sites for hydroxylation is 1. The quantitative estimate of drug-likeness (QED) is 0.509. The number of hydrogen-bond acceptors (Lipinski definition) is 6. The van der Waals surface area contributed by atoms with Crippen molar-refractivity contribution in [2.24, 2.45) is 13.0 Å². The second-order valence-electron chi connectivity index (χ2n) is 10.0. The molecule has 0 amide bonds. The van der Waals surface area contributed by atoms with E-state index in [1.165, 1.54) is 0 Å². The van der Waals surface area contributed by atoms with Gasteiger partial charge in [-0.3, -0.25) is 4.68 Å². The molecule has 1 aliphatic heterocycles. The number of hydrogen-bond donors (Lipinski definition) is 2. The van der Waals surface area contributed by atoms with Crippen LogP contribution in [-0.2, 0) is 7.05 Å². The molecule has 1 aliphatic rings. The Bertz CT molecular complexity index is 1310. The molecule has 0 unspecified atom stereocenters. The van der Waals surface area contributed by atoms with E-state index in [-0.39, 0.29) is 11.3 Å². The van der Waals surface area contributed by atoms with Gasteiger partial charge in [0, 0.05) is 54.9 Å². The van der Waals surface area contributed by atoms with Crippen LogP contribution in [0.5, 0.6) is 5.75 Å². The van der Waals surface area contributed by atoms with Crippen LogP contribution < -0.4 is 10.2 Å². The smallest absolute Gasteiger partial charge is 0.129 e. The Hall–Kier alpha value is -3.19. The number of benzene rings is 1. The van der Waals surface area contributed by atoms with Crippen molar-refractivity contribution in [3.05, 3.63) is 42.6 Å². The van der Waals surface area contributed by atoms with Crippen molar-refractivity contribution in [1.29, 1.82) is 0 Å². The maximum Gasteiger partial charge on any atom is 0.129 e. The molecule has 0 saturated carbocycles. The Balaban J connectivity index is 1.44. The number of phenols is 1. The fourth-order valence-corrected chi connectivity index (χ4v) is 4.61. The van der Waals surface area contributed by atoms with Gasteiger partial charge in [0.25, 0.3) is 0 Å². The predicted octanol–water partition coefficient (Wildman–Crippen LogP) is 4.10. The molecule has 32 heavy (non-hydrogen) atoms. The molecule has 5 rings (SSSR count). The van der Waals surface area contributed by atoms with E-state index < -0.39 is 0 Å². The Morgan fingerprint density at radius 2 is 1.75 bits per heavy atom. The summed E-state index contributed by atoms with van der Waals surface area (Å²) >= 11 is 0. The summed E-state index contributed by atoms with van der Waals surface area (Å²) in [6.07, 6.45) is 1.94. The number of phenolic OH excluding ortho intramolecular Hbond substituents is 1. The summed E-state index contributed by atoms with van der Waals surface area (Å²) in [7, 11) is 1.87. The van der Waals surface area contributed by atoms with E-state index in [4.69, 9.17) is 9.97 Å². The van der Waals surface area contributed by atoms with Crippen molar-refractivity contribution in [3.63, 3.8) is 0 Å². The van der Waals surface area contributed by atoms with E-state index in [9.17, 15) is 5.11 Å². The third kappa shape index (κ3) is 3.88. The van der Waals surface area contributed by atoms with E-state index in [0.29, 0.717) is 17.5 Å². The van der Waals surface area contributed by atoms with Crippen LogP contribution in [0.4, 0.5) is 5.82 Å². The second-order valence-corrected chi connectivity index (χ2v) is 10.0. The predicted molar refractivity (Wildman–Crippen MR) is 129 cm³/mol. The lowest BCUT2D eigenvalue weighted by Crippen LogP contribution is -2.47. The topological polar surface area (TPSA) is 79.1 Å². The van der Waals surface area contributed by atoms with Gasteiger partial charge in [0.1, 0.15) is 11.6 Å². The van der Waals surface area contributed by atoms with Gasteiger partial charge in [-0.25, -0.2) is 9.97 Å². The normalized spacial score (nSPS) is 19.3. The number of fused-ring (bicyclic) bond motifs is 2. The largest absolute Gasteiger partial charge is 0.507 e. The van der Waals surface area contributed by atoms with Gasteiger partial charge in [-0.2, -0.15) is 5.10 Å². The number of anilines is 1. The van der Waals surface area contributed by atoms with Crippen LogP contribution in [0.25, 0.3) is 33.2 Å². The molecule has 1 saturated heterocycles. The molecule has 4 heterocycles. The third-order valence-electron chi connectivity index (χ3n) is 6.09. The summed E-state index contributed by atoms with van der Waals surface area (Å²) in [6.45, 7) is 10.9. The molecule has 7 nitrogen and oxygen atoms in total.